The fourth-order valence-corrected chi connectivity index (χ4v) is 2.34. The number of hydrogen-bond acceptors (Lipinski definition) is 3. The van der Waals surface area contributed by atoms with Gasteiger partial charge in [0.1, 0.15) is 6.61 Å². The van der Waals surface area contributed by atoms with E-state index < -0.39 is 0 Å². The summed E-state index contributed by atoms with van der Waals surface area (Å²) in [5.41, 5.74) is 1.02. The van der Waals surface area contributed by atoms with Gasteiger partial charge in [-0.05, 0) is 12.0 Å². The molecule has 4 nitrogen and oxygen atoms in total. The van der Waals surface area contributed by atoms with Crippen LogP contribution in [-0.4, -0.2) is 36.7 Å². The molecule has 1 aromatic carbocycles. The van der Waals surface area contributed by atoms with Gasteiger partial charge in [0.05, 0.1) is 0 Å². The Morgan fingerprint density at radius 1 is 1.42 bits per heavy atom. The van der Waals surface area contributed by atoms with Crippen LogP contribution in [0.1, 0.15) is 25.3 Å². The van der Waals surface area contributed by atoms with Gasteiger partial charge in [-0.1, -0.05) is 43.7 Å². The highest BCUT2D eigenvalue weighted by molar-refractivity contribution is 5.67. The SMILES string of the molecule is CCC[C@H]1CN(C(=O)OCc2ccccc2)CCN1. The van der Waals surface area contributed by atoms with Crippen LogP contribution in [0.25, 0.3) is 0 Å². The predicted octanol–water partition coefficient (Wildman–Crippen LogP) is 2.40. The molecule has 19 heavy (non-hydrogen) atoms. The minimum absolute atomic E-state index is 0.202. The molecule has 1 aromatic rings. The third-order valence-corrected chi connectivity index (χ3v) is 3.36. The average Bonchev–Trinajstić information content (AvgIpc) is 2.46. The Hall–Kier alpha value is -1.55. The van der Waals surface area contributed by atoms with Crippen molar-refractivity contribution in [3.05, 3.63) is 35.9 Å². The lowest BCUT2D eigenvalue weighted by molar-refractivity contribution is 0.0842. The van der Waals surface area contributed by atoms with Gasteiger partial charge in [0.25, 0.3) is 0 Å². The van der Waals surface area contributed by atoms with E-state index in [-0.39, 0.29) is 6.09 Å². The Morgan fingerprint density at radius 3 is 2.95 bits per heavy atom. The molecule has 0 radical (unpaired) electrons. The summed E-state index contributed by atoms with van der Waals surface area (Å²) in [5.74, 6) is 0. The van der Waals surface area contributed by atoms with E-state index in [2.05, 4.69) is 12.2 Å². The van der Waals surface area contributed by atoms with Crippen molar-refractivity contribution < 1.29 is 9.53 Å². The summed E-state index contributed by atoms with van der Waals surface area (Å²) in [6.45, 7) is 4.84. The van der Waals surface area contributed by atoms with Crippen LogP contribution < -0.4 is 5.32 Å². The van der Waals surface area contributed by atoms with Crippen molar-refractivity contribution in [1.29, 1.82) is 0 Å². The molecule has 1 atom stereocenters. The van der Waals surface area contributed by atoms with Crippen molar-refractivity contribution in [1.82, 2.24) is 10.2 Å². The monoisotopic (exact) mass is 262 g/mol. The number of benzene rings is 1. The smallest absolute Gasteiger partial charge is 0.410 e. The van der Waals surface area contributed by atoms with Crippen LogP contribution in [0.5, 0.6) is 0 Å². The number of hydrogen-bond donors (Lipinski definition) is 1. The highest BCUT2D eigenvalue weighted by Crippen LogP contribution is 2.08. The van der Waals surface area contributed by atoms with Crippen molar-refractivity contribution in [2.75, 3.05) is 19.6 Å². The molecule has 4 heteroatoms. The minimum Gasteiger partial charge on any atom is -0.445 e. The van der Waals surface area contributed by atoms with E-state index in [1.165, 1.54) is 0 Å². The number of carbonyl (C=O) groups is 1. The number of nitrogens with zero attached hydrogens (tertiary/aromatic N) is 1. The number of rotatable bonds is 4. The van der Waals surface area contributed by atoms with Gasteiger partial charge >= 0.3 is 6.09 Å². The summed E-state index contributed by atoms with van der Waals surface area (Å²) < 4.78 is 5.35. The van der Waals surface area contributed by atoms with Gasteiger partial charge in [-0.3, -0.25) is 0 Å². The molecule has 0 saturated carbocycles. The van der Waals surface area contributed by atoms with Gasteiger partial charge < -0.3 is 15.0 Å². The normalized spacial score (nSPS) is 19.2. The van der Waals surface area contributed by atoms with Gasteiger partial charge in [-0.15, -0.1) is 0 Å². The fraction of sp³-hybridized carbons (Fsp3) is 0.533. The van der Waals surface area contributed by atoms with Crippen LogP contribution in [0, 0.1) is 0 Å². The lowest BCUT2D eigenvalue weighted by Crippen LogP contribution is -2.52. The van der Waals surface area contributed by atoms with Gasteiger partial charge in [0.2, 0.25) is 0 Å². The third kappa shape index (κ3) is 4.24. The summed E-state index contributed by atoms with van der Waals surface area (Å²) in [6, 6.07) is 10.2. The Bertz CT molecular complexity index is 392. The maximum atomic E-state index is 12.0. The third-order valence-electron chi connectivity index (χ3n) is 3.36. The predicted molar refractivity (Wildman–Crippen MR) is 74.9 cm³/mol. The first-order valence-corrected chi connectivity index (χ1v) is 6.98. The molecule has 1 N–H and O–H groups in total. The van der Waals surface area contributed by atoms with E-state index in [0.29, 0.717) is 12.6 Å². The molecule has 0 bridgehead atoms. The zero-order valence-corrected chi connectivity index (χ0v) is 11.5. The first kappa shape index (κ1) is 13.9. The van der Waals surface area contributed by atoms with Crippen LogP contribution in [-0.2, 0) is 11.3 Å². The summed E-state index contributed by atoms with van der Waals surface area (Å²) in [4.78, 5) is 13.8. The molecule has 0 unspecified atom stereocenters. The summed E-state index contributed by atoms with van der Waals surface area (Å²) in [6.07, 6.45) is 2.03. The topological polar surface area (TPSA) is 41.6 Å². The lowest BCUT2D eigenvalue weighted by atomic mass is 10.1. The highest BCUT2D eigenvalue weighted by atomic mass is 16.6. The molecular weight excluding hydrogens is 240 g/mol. The van der Waals surface area contributed by atoms with Gasteiger partial charge in [-0.2, -0.15) is 0 Å². The van der Waals surface area contributed by atoms with E-state index in [1.54, 1.807) is 4.90 Å². The van der Waals surface area contributed by atoms with Gasteiger partial charge in [0.15, 0.2) is 0 Å². The second kappa shape index (κ2) is 7.14. The highest BCUT2D eigenvalue weighted by Gasteiger charge is 2.23. The molecule has 104 valence electrons. The minimum atomic E-state index is -0.202. The van der Waals surface area contributed by atoms with Crippen LogP contribution >= 0.6 is 0 Å². The van der Waals surface area contributed by atoms with Crippen molar-refractivity contribution in [3.8, 4) is 0 Å². The molecule has 1 aliphatic rings. The summed E-state index contributed by atoms with van der Waals surface area (Å²) in [5, 5.41) is 3.43. The maximum absolute atomic E-state index is 12.0. The quantitative estimate of drug-likeness (QED) is 0.906. The molecule has 1 aliphatic heterocycles. The van der Waals surface area contributed by atoms with Crippen molar-refractivity contribution in [2.45, 2.75) is 32.4 Å². The van der Waals surface area contributed by atoms with E-state index >= 15 is 0 Å². The molecule has 1 amide bonds. The maximum Gasteiger partial charge on any atom is 0.410 e. The number of amides is 1. The molecule has 0 aromatic heterocycles. The summed E-state index contributed by atoms with van der Waals surface area (Å²) in [7, 11) is 0. The van der Waals surface area contributed by atoms with E-state index in [1.807, 2.05) is 30.3 Å². The molecule has 1 fully saturated rings. The number of piperazine rings is 1. The Morgan fingerprint density at radius 2 is 2.21 bits per heavy atom. The zero-order chi connectivity index (χ0) is 13.5. The number of ether oxygens (including phenoxy) is 1. The first-order chi connectivity index (χ1) is 9.29. The number of carbonyl (C=O) groups excluding carboxylic acids is 1. The molecular formula is C15H22N2O2. The van der Waals surface area contributed by atoms with Crippen molar-refractivity contribution >= 4 is 6.09 Å². The van der Waals surface area contributed by atoms with Gasteiger partial charge in [-0.25, -0.2) is 4.79 Å². The molecule has 1 saturated heterocycles. The van der Waals surface area contributed by atoms with E-state index in [9.17, 15) is 4.79 Å². The zero-order valence-electron chi connectivity index (χ0n) is 11.5. The second-order valence-corrected chi connectivity index (χ2v) is 4.93. The Balaban J connectivity index is 1.79. The molecule has 0 aliphatic carbocycles. The van der Waals surface area contributed by atoms with Crippen LogP contribution in [0.3, 0.4) is 0 Å². The molecule has 2 rings (SSSR count). The fourth-order valence-electron chi connectivity index (χ4n) is 2.34. The van der Waals surface area contributed by atoms with Crippen LogP contribution in [0.2, 0.25) is 0 Å². The van der Waals surface area contributed by atoms with Crippen molar-refractivity contribution in [3.63, 3.8) is 0 Å². The van der Waals surface area contributed by atoms with Crippen molar-refractivity contribution in [2.24, 2.45) is 0 Å². The van der Waals surface area contributed by atoms with Gasteiger partial charge in [0, 0.05) is 25.7 Å². The average molecular weight is 262 g/mol. The lowest BCUT2D eigenvalue weighted by Gasteiger charge is -2.32. The van der Waals surface area contributed by atoms with E-state index in [0.717, 1.165) is 38.0 Å². The van der Waals surface area contributed by atoms with E-state index in [4.69, 9.17) is 4.74 Å². The van der Waals surface area contributed by atoms with Crippen LogP contribution in [0.15, 0.2) is 30.3 Å². The first-order valence-electron chi connectivity index (χ1n) is 6.98. The Kier molecular flexibility index (Phi) is 5.21. The standard InChI is InChI=1S/C15H22N2O2/c1-2-6-14-11-17(10-9-16-14)15(18)19-12-13-7-4-3-5-8-13/h3-5,7-8,14,16H,2,6,9-12H2,1H3/t14-/m0/s1. The summed E-state index contributed by atoms with van der Waals surface area (Å²) >= 11 is 0. The molecule has 1 heterocycles. The second-order valence-electron chi connectivity index (χ2n) is 4.93. The van der Waals surface area contributed by atoms with Crippen LogP contribution in [0.4, 0.5) is 4.79 Å². The number of nitrogens with one attached hydrogen (secondary N) is 1. The Labute approximate surface area is 114 Å². The molecule has 0 spiro atoms. The largest absolute Gasteiger partial charge is 0.445 e.